The third-order valence-corrected chi connectivity index (χ3v) is 9.18. The molecule has 4 rings (SSSR count). The molecule has 0 saturated heterocycles. The van der Waals surface area contributed by atoms with Gasteiger partial charge in [0, 0.05) is 12.0 Å². The highest BCUT2D eigenvalue weighted by atomic mass is 16.3. The summed E-state index contributed by atoms with van der Waals surface area (Å²) in [4.78, 5) is 0. The second-order valence-electron chi connectivity index (χ2n) is 9.92. The molecule has 8 atom stereocenters. The van der Waals surface area contributed by atoms with Crippen LogP contribution in [0.2, 0.25) is 0 Å². The zero-order chi connectivity index (χ0) is 16.5. The van der Waals surface area contributed by atoms with Crippen LogP contribution in [0.3, 0.4) is 0 Å². The van der Waals surface area contributed by atoms with Gasteiger partial charge in [-0.15, -0.1) is 0 Å². The molecule has 1 spiro atoms. The Morgan fingerprint density at radius 2 is 1.70 bits per heavy atom. The maximum Gasteiger partial charge on any atom is 0.0618 e. The maximum absolute atomic E-state index is 10.6. The minimum Gasteiger partial charge on any atom is -0.396 e. The Hall–Kier alpha value is -0.120. The molecule has 4 saturated carbocycles. The third kappa shape index (κ3) is 1.99. The first kappa shape index (κ1) is 16.4. The zero-order valence-corrected chi connectivity index (χ0v) is 14.8. The summed E-state index contributed by atoms with van der Waals surface area (Å²) in [5, 5.41) is 30.5. The summed E-state index contributed by atoms with van der Waals surface area (Å²) in [7, 11) is 0. The average Bonchev–Trinajstić information content (AvgIpc) is 2.81. The molecule has 0 radical (unpaired) electrons. The topological polar surface area (TPSA) is 60.7 Å². The van der Waals surface area contributed by atoms with Crippen molar-refractivity contribution >= 4 is 0 Å². The van der Waals surface area contributed by atoms with Crippen LogP contribution >= 0.6 is 0 Å². The Morgan fingerprint density at radius 1 is 0.913 bits per heavy atom. The van der Waals surface area contributed by atoms with Gasteiger partial charge in [0.1, 0.15) is 0 Å². The van der Waals surface area contributed by atoms with Gasteiger partial charge in [-0.25, -0.2) is 0 Å². The van der Waals surface area contributed by atoms with Crippen LogP contribution in [-0.4, -0.2) is 34.6 Å². The maximum atomic E-state index is 10.6. The number of aliphatic hydroxyl groups excluding tert-OH is 3. The number of hydrogen-bond acceptors (Lipinski definition) is 3. The van der Waals surface area contributed by atoms with Gasteiger partial charge in [-0.2, -0.15) is 0 Å². The van der Waals surface area contributed by atoms with Crippen LogP contribution in [0, 0.1) is 39.9 Å². The molecule has 2 bridgehead atoms. The van der Waals surface area contributed by atoms with Crippen molar-refractivity contribution in [2.45, 2.75) is 71.3 Å². The van der Waals surface area contributed by atoms with Gasteiger partial charge in [-0.1, -0.05) is 13.8 Å². The lowest BCUT2D eigenvalue weighted by Crippen LogP contribution is -2.61. The number of hydrogen-bond donors (Lipinski definition) is 3. The Bertz CT molecular complexity index is 480. The van der Waals surface area contributed by atoms with Gasteiger partial charge in [-0.3, -0.25) is 0 Å². The number of rotatable bonds is 2. The van der Waals surface area contributed by atoms with Crippen molar-refractivity contribution in [2.75, 3.05) is 13.2 Å². The van der Waals surface area contributed by atoms with Crippen LogP contribution < -0.4 is 0 Å². The normalized spacial score (nSPS) is 58.6. The van der Waals surface area contributed by atoms with E-state index in [0.29, 0.717) is 23.9 Å². The van der Waals surface area contributed by atoms with Crippen LogP contribution in [0.1, 0.15) is 65.2 Å². The van der Waals surface area contributed by atoms with Crippen molar-refractivity contribution < 1.29 is 15.3 Å². The van der Waals surface area contributed by atoms with E-state index in [1.54, 1.807) is 0 Å². The van der Waals surface area contributed by atoms with Gasteiger partial charge < -0.3 is 15.3 Å². The van der Waals surface area contributed by atoms with Gasteiger partial charge in [0.2, 0.25) is 0 Å². The fourth-order valence-electron chi connectivity index (χ4n) is 8.05. The van der Waals surface area contributed by atoms with E-state index in [-0.39, 0.29) is 23.5 Å². The minimum absolute atomic E-state index is 0.107. The molecule has 23 heavy (non-hydrogen) atoms. The van der Waals surface area contributed by atoms with E-state index < -0.39 is 0 Å². The molecule has 3 heteroatoms. The molecule has 0 aromatic carbocycles. The molecule has 3 N–H and O–H groups in total. The lowest BCUT2D eigenvalue weighted by Gasteiger charge is -2.65. The van der Waals surface area contributed by atoms with Crippen molar-refractivity contribution in [3.05, 3.63) is 0 Å². The summed E-state index contributed by atoms with van der Waals surface area (Å²) in [6.45, 7) is 5.06. The van der Waals surface area contributed by atoms with E-state index in [9.17, 15) is 15.3 Å². The van der Waals surface area contributed by atoms with Crippen molar-refractivity contribution in [1.29, 1.82) is 0 Å². The second kappa shape index (κ2) is 5.19. The molecule has 0 aliphatic heterocycles. The van der Waals surface area contributed by atoms with Gasteiger partial charge >= 0.3 is 0 Å². The van der Waals surface area contributed by atoms with E-state index >= 15 is 0 Å². The Kier molecular flexibility index (Phi) is 3.69. The zero-order valence-electron chi connectivity index (χ0n) is 14.8. The van der Waals surface area contributed by atoms with Gasteiger partial charge in [0.25, 0.3) is 0 Å². The summed E-state index contributed by atoms with van der Waals surface area (Å²) < 4.78 is 0. The standard InChI is InChI=1S/C20H34O3/c1-18-7-6-17(23)19(2,12-22)15(18)5-8-20-9-13(3-4-16(18)20)14(10-20)11-21/h13-17,21-23H,3-12H2,1-2H3/t13-,14-,15-,16-,17?,18+,19?,20-/m0/s1. The predicted octanol–water partition coefficient (Wildman–Crippen LogP) is 2.97. The highest BCUT2D eigenvalue weighted by Crippen LogP contribution is 2.72. The SMILES string of the molecule is CC1(CO)C(O)CC[C@]2(C)[C@@H]1CC[C@]13C[C@@H](CO)[C@@H](CC[C@H]12)C3. The van der Waals surface area contributed by atoms with E-state index in [4.69, 9.17) is 0 Å². The van der Waals surface area contributed by atoms with Crippen LogP contribution in [0.25, 0.3) is 0 Å². The summed E-state index contributed by atoms with van der Waals surface area (Å²) in [6.07, 6.45) is 9.09. The largest absolute Gasteiger partial charge is 0.396 e. The Labute approximate surface area is 140 Å². The smallest absolute Gasteiger partial charge is 0.0618 e. The fraction of sp³-hybridized carbons (Fsp3) is 1.00. The Morgan fingerprint density at radius 3 is 2.39 bits per heavy atom. The third-order valence-electron chi connectivity index (χ3n) is 9.18. The summed E-state index contributed by atoms with van der Waals surface area (Å²) in [5.41, 5.74) is 0.366. The van der Waals surface area contributed by atoms with Crippen LogP contribution in [0.4, 0.5) is 0 Å². The molecule has 0 heterocycles. The van der Waals surface area contributed by atoms with Gasteiger partial charge in [-0.05, 0) is 85.9 Å². The lowest BCUT2D eigenvalue weighted by atomic mass is 9.40. The van der Waals surface area contributed by atoms with Gasteiger partial charge in [0.15, 0.2) is 0 Å². The minimum atomic E-state index is -0.357. The fourth-order valence-corrected chi connectivity index (χ4v) is 8.05. The van der Waals surface area contributed by atoms with Crippen LogP contribution in [-0.2, 0) is 0 Å². The molecule has 3 nitrogen and oxygen atoms in total. The second-order valence-corrected chi connectivity index (χ2v) is 9.92. The van der Waals surface area contributed by atoms with Crippen molar-refractivity contribution in [1.82, 2.24) is 0 Å². The van der Waals surface area contributed by atoms with E-state index in [0.717, 1.165) is 31.1 Å². The first-order chi connectivity index (χ1) is 10.9. The van der Waals surface area contributed by atoms with Crippen LogP contribution in [0.5, 0.6) is 0 Å². The molecular weight excluding hydrogens is 288 g/mol. The summed E-state index contributed by atoms with van der Waals surface area (Å²) >= 11 is 0. The van der Waals surface area contributed by atoms with Crippen molar-refractivity contribution in [2.24, 2.45) is 39.9 Å². The average molecular weight is 322 g/mol. The summed E-state index contributed by atoms with van der Waals surface area (Å²) in [5.74, 6) is 2.43. The molecule has 4 aliphatic rings. The lowest BCUT2D eigenvalue weighted by molar-refractivity contribution is -0.197. The summed E-state index contributed by atoms with van der Waals surface area (Å²) in [6, 6.07) is 0. The first-order valence-corrected chi connectivity index (χ1v) is 9.79. The molecular formula is C20H34O3. The molecule has 132 valence electrons. The Balaban J connectivity index is 1.70. The van der Waals surface area contributed by atoms with E-state index in [2.05, 4.69) is 13.8 Å². The number of fused-ring (bicyclic) bond motifs is 3. The highest BCUT2D eigenvalue weighted by Gasteiger charge is 2.65. The molecule has 0 aromatic heterocycles. The highest BCUT2D eigenvalue weighted by molar-refractivity contribution is 5.14. The van der Waals surface area contributed by atoms with Gasteiger partial charge in [0.05, 0.1) is 12.7 Å². The monoisotopic (exact) mass is 322 g/mol. The quantitative estimate of drug-likeness (QED) is 0.732. The number of aliphatic hydroxyl groups is 3. The van der Waals surface area contributed by atoms with E-state index in [1.807, 2.05) is 0 Å². The van der Waals surface area contributed by atoms with E-state index in [1.165, 1.54) is 32.1 Å². The molecule has 0 aromatic rings. The molecule has 0 amide bonds. The molecule has 4 fully saturated rings. The molecule has 4 aliphatic carbocycles. The van der Waals surface area contributed by atoms with Crippen molar-refractivity contribution in [3.8, 4) is 0 Å². The predicted molar refractivity (Wildman–Crippen MR) is 89.7 cm³/mol. The molecule has 2 unspecified atom stereocenters. The van der Waals surface area contributed by atoms with Crippen molar-refractivity contribution in [3.63, 3.8) is 0 Å². The first-order valence-electron chi connectivity index (χ1n) is 9.79. The van der Waals surface area contributed by atoms with Crippen LogP contribution in [0.15, 0.2) is 0 Å².